The fourth-order valence-corrected chi connectivity index (χ4v) is 0.700. The van der Waals surface area contributed by atoms with Gasteiger partial charge in [0.25, 0.3) is 0 Å². The van der Waals surface area contributed by atoms with Crippen LogP contribution in [0.25, 0.3) is 0 Å². The van der Waals surface area contributed by atoms with Gasteiger partial charge in [0, 0.05) is 0 Å². The summed E-state index contributed by atoms with van der Waals surface area (Å²) in [5.74, 6) is -0.256. The van der Waals surface area contributed by atoms with Crippen LogP contribution in [0, 0.1) is 0 Å². The molecule has 0 aliphatic carbocycles. The van der Waals surface area contributed by atoms with Gasteiger partial charge in [0.05, 0.1) is 12.7 Å². The topological polar surface area (TPSA) is 35.5 Å². The fraction of sp³-hybridized carbons (Fsp3) is 0.900. The lowest BCUT2D eigenvalue weighted by molar-refractivity contribution is -0.150. The van der Waals surface area contributed by atoms with Crippen LogP contribution in [-0.4, -0.2) is 25.3 Å². The number of carbonyl (C=O) groups is 1. The first-order valence-electron chi connectivity index (χ1n) is 4.97. The molecule has 0 amide bonds. The van der Waals surface area contributed by atoms with Crippen LogP contribution in [0.2, 0.25) is 0 Å². The molecule has 0 saturated heterocycles. The Bertz CT molecular complexity index is 134. The van der Waals surface area contributed by atoms with Crippen molar-refractivity contribution >= 4 is 5.97 Å². The zero-order chi connectivity index (χ0) is 10.1. The fourth-order valence-electron chi connectivity index (χ4n) is 0.700. The van der Waals surface area contributed by atoms with Crippen molar-refractivity contribution in [1.29, 1.82) is 0 Å². The second-order valence-electron chi connectivity index (χ2n) is 3.10. The Balaban J connectivity index is 3.30. The molecule has 1 unspecified atom stereocenters. The van der Waals surface area contributed by atoms with E-state index >= 15 is 0 Å². The summed E-state index contributed by atoms with van der Waals surface area (Å²) in [4.78, 5) is 11.0. The Morgan fingerprint density at radius 3 is 2.62 bits per heavy atom. The van der Waals surface area contributed by atoms with Crippen LogP contribution in [0.4, 0.5) is 0 Å². The van der Waals surface area contributed by atoms with Crippen LogP contribution in [0.15, 0.2) is 0 Å². The van der Waals surface area contributed by atoms with E-state index in [1.54, 1.807) is 0 Å². The maximum absolute atomic E-state index is 11.0. The monoisotopic (exact) mass is 188 g/mol. The summed E-state index contributed by atoms with van der Waals surface area (Å²) in [5, 5.41) is 0. The van der Waals surface area contributed by atoms with Gasteiger partial charge in [-0.1, -0.05) is 20.3 Å². The van der Waals surface area contributed by atoms with Gasteiger partial charge in [-0.05, 0) is 19.8 Å². The molecule has 0 radical (unpaired) electrons. The molecular formula is C10H20O3. The Morgan fingerprint density at radius 1 is 1.38 bits per heavy atom. The van der Waals surface area contributed by atoms with Crippen LogP contribution >= 0.6 is 0 Å². The Hall–Kier alpha value is -0.570. The van der Waals surface area contributed by atoms with Crippen LogP contribution < -0.4 is 0 Å². The van der Waals surface area contributed by atoms with Gasteiger partial charge < -0.3 is 9.47 Å². The molecule has 1 atom stereocenters. The molecule has 78 valence electrons. The van der Waals surface area contributed by atoms with Crippen LogP contribution in [0.1, 0.15) is 40.0 Å². The highest BCUT2D eigenvalue weighted by atomic mass is 16.6. The van der Waals surface area contributed by atoms with Crippen molar-refractivity contribution in [3.8, 4) is 0 Å². The number of hydrogen-bond donors (Lipinski definition) is 0. The molecule has 0 rings (SSSR count). The maximum atomic E-state index is 11.0. The first-order valence-corrected chi connectivity index (χ1v) is 4.97. The summed E-state index contributed by atoms with van der Waals surface area (Å²) in [6, 6.07) is 0. The zero-order valence-corrected chi connectivity index (χ0v) is 8.84. The van der Waals surface area contributed by atoms with Crippen molar-refractivity contribution in [2.75, 3.05) is 13.2 Å². The minimum Gasteiger partial charge on any atom is -0.464 e. The van der Waals surface area contributed by atoms with E-state index < -0.39 is 0 Å². The van der Waals surface area contributed by atoms with E-state index in [2.05, 4.69) is 6.92 Å². The predicted octanol–water partition coefficient (Wildman–Crippen LogP) is 2.14. The predicted molar refractivity (Wildman–Crippen MR) is 51.6 cm³/mol. The smallest absolute Gasteiger partial charge is 0.332 e. The number of esters is 1. The Kier molecular flexibility index (Phi) is 7.69. The van der Waals surface area contributed by atoms with Crippen molar-refractivity contribution in [1.82, 2.24) is 0 Å². The summed E-state index contributed by atoms with van der Waals surface area (Å²) < 4.78 is 10.1. The molecule has 0 aromatic heterocycles. The van der Waals surface area contributed by atoms with E-state index in [9.17, 15) is 4.79 Å². The standard InChI is InChI=1S/C10H20O3/c1-4-6-7-12-10(11)8-13-9(3)5-2/h9H,4-8H2,1-3H3. The van der Waals surface area contributed by atoms with E-state index in [4.69, 9.17) is 9.47 Å². The van der Waals surface area contributed by atoms with E-state index in [0.717, 1.165) is 19.3 Å². The molecule has 13 heavy (non-hydrogen) atoms. The average Bonchev–Trinajstić information content (AvgIpc) is 2.14. The van der Waals surface area contributed by atoms with Gasteiger partial charge in [-0.3, -0.25) is 0 Å². The summed E-state index contributed by atoms with van der Waals surface area (Å²) in [6.07, 6.45) is 3.02. The number of rotatable bonds is 7. The third-order valence-corrected chi connectivity index (χ3v) is 1.82. The van der Waals surface area contributed by atoms with Gasteiger partial charge in [-0.2, -0.15) is 0 Å². The molecule has 3 nitrogen and oxygen atoms in total. The second-order valence-corrected chi connectivity index (χ2v) is 3.10. The van der Waals surface area contributed by atoms with Gasteiger partial charge in [-0.25, -0.2) is 4.79 Å². The highest BCUT2D eigenvalue weighted by Gasteiger charge is 2.05. The van der Waals surface area contributed by atoms with Crippen molar-refractivity contribution in [2.24, 2.45) is 0 Å². The lowest BCUT2D eigenvalue weighted by Crippen LogP contribution is -2.17. The van der Waals surface area contributed by atoms with Crippen LogP contribution in [-0.2, 0) is 14.3 Å². The van der Waals surface area contributed by atoms with Crippen LogP contribution in [0.5, 0.6) is 0 Å². The SMILES string of the molecule is CCCCOC(=O)COC(C)CC. The molecule has 0 fully saturated rings. The third kappa shape index (κ3) is 7.78. The number of ether oxygens (including phenoxy) is 2. The van der Waals surface area contributed by atoms with E-state index in [1.165, 1.54) is 0 Å². The Morgan fingerprint density at radius 2 is 2.08 bits per heavy atom. The normalized spacial score (nSPS) is 12.5. The molecule has 0 aromatic carbocycles. The lowest BCUT2D eigenvalue weighted by Gasteiger charge is -2.09. The third-order valence-electron chi connectivity index (χ3n) is 1.82. The molecule has 0 N–H and O–H groups in total. The first-order chi connectivity index (χ1) is 6.20. The second kappa shape index (κ2) is 8.05. The van der Waals surface area contributed by atoms with E-state index in [-0.39, 0.29) is 18.7 Å². The van der Waals surface area contributed by atoms with Gasteiger partial charge >= 0.3 is 5.97 Å². The number of hydrogen-bond acceptors (Lipinski definition) is 3. The molecule has 0 aliphatic rings. The zero-order valence-electron chi connectivity index (χ0n) is 8.84. The van der Waals surface area contributed by atoms with Gasteiger partial charge in [0.2, 0.25) is 0 Å². The molecule has 0 heterocycles. The number of unbranched alkanes of at least 4 members (excludes halogenated alkanes) is 1. The molecule has 0 aromatic rings. The van der Waals surface area contributed by atoms with Crippen LogP contribution in [0.3, 0.4) is 0 Å². The summed E-state index contributed by atoms with van der Waals surface area (Å²) in [6.45, 7) is 6.62. The lowest BCUT2D eigenvalue weighted by atomic mass is 10.3. The molecule has 0 spiro atoms. The molecular weight excluding hydrogens is 168 g/mol. The summed E-state index contributed by atoms with van der Waals surface area (Å²) >= 11 is 0. The van der Waals surface area contributed by atoms with E-state index in [0.29, 0.717) is 6.61 Å². The van der Waals surface area contributed by atoms with Gasteiger partial charge in [0.15, 0.2) is 0 Å². The largest absolute Gasteiger partial charge is 0.464 e. The molecule has 0 saturated carbocycles. The molecule has 3 heteroatoms. The van der Waals surface area contributed by atoms with Crippen molar-refractivity contribution < 1.29 is 14.3 Å². The average molecular weight is 188 g/mol. The summed E-state index contributed by atoms with van der Waals surface area (Å²) in [5.41, 5.74) is 0. The summed E-state index contributed by atoms with van der Waals surface area (Å²) in [7, 11) is 0. The van der Waals surface area contributed by atoms with Gasteiger partial charge in [-0.15, -0.1) is 0 Å². The van der Waals surface area contributed by atoms with Gasteiger partial charge in [0.1, 0.15) is 6.61 Å². The number of carbonyl (C=O) groups excluding carboxylic acids is 1. The minimum atomic E-state index is -0.256. The van der Waals surface area contributed by atoms with Crippen molar-refractivity contribution in [3.63, 3.8) is 0 Å². The highest BCUT2D eigenvalue weighted by Crippen LogP contribution is 1.96. The minimum absolute atomic E-state index is 0.0821. The highest BCUT2D eigenvalue weighted by molar-refractivity contribution is 5.70. The van der Waals surface area contributed by atoms with Crippen molar-refractivity contribution in [3.05, 3.63) is 0 Å². The van der Waals surface area contributed by atoms with E-state index in [1.807, 2.05) is 13.8 Å². The maximum Gasteiger partial charge on any atom is 0.332 e. The molecule has 0 bridgehead atoms. The first kappa shape index (κ1) is 12.4. The Labute approximate surface area is 80.4 Å². The molecule has 0 aliphatic heterocycles. The quantitative estimate of drug-likeness (QED) is 0.453. The van der Waals surface area contributed by atoms with Crippen molar-refractivity contribution in [2.45, 2.75) is 46.1 Å².